The van der Waals surface area contributed by atoms with E-state index in [9.17, 15) is 9.90 Å². The third-order valence-electron chi connectivity index (χ3n) is 3.28. The van der Waals surface area contributed by atoms with Crippen molar-refractivity contribution in [3.05, 3.63) is 35.9 Å². The van der Waals surface area contributed by atoms with Crippen LogP contribution in [0, 0.1) is 0 Å². The average Bonchev–Trinajstić information content (AvgIpc) is 2.79. The molecule has 1 saturated heterocycles. The lowest BCUT2D eigenvalue weighted by molar-refractivity contribution is 0.0681. The van der Waals surface area contributed by atoms with Crippen molar-refractivity contribution in [2.45, 2.75) is 31.4 Å². The number of amides is 1. The number of aliphatic hydroxyl groups excluding tert-OH is 1. The molecule has 0 bridgehead atoms. The van der Waals surface area contributed by atoms with Crippen molar-refractivity contribution in [1.82, 2.24) is 4.90 Å². The van der Waals surface area contributed by atoms with Gasteiger partial charge in [-0.1, -0.05) is 30.3 Å². The zero-order valence-electron chi connectivity index (χ0n) is 9.62. The highest BCUT2D eigenvalue weighted by atomic mass is 16.4. The van der Waals surface area contributed by atoms with E-state index in [2.05, 4.69) is 0 Å². The second-order valence-corrected chi connectivity index (χ2v) is 4.44. The molecule has 0 aliphatic carbocycles. The standard InChI is InChI=1S/C13H17NO3/c15-12(9-10-5-2-1-3-6-10)11-7-4-8-14(11)13(16)17/h1-3,5-6,11-12,15H,4,7-9H2,(H,16,17)/t11-,12+/m0/s1. The zero-order valence-corrected chi connectivity index (χ0v) is 9.62. The summed E-state index contributed by atoms with van der Waals surface area (Å²) >= 11 is 0. The number of nitrogens with zero attached hydrogens (tertiary/aromatic N) is 1. The molecule has 0 radical (unpaired) electrons. The molecule has 1 aliphatic rings. The molecule has 0 saturated carbocycles. The number of carboxylic acid groups (broad SMARTS) is 1. The van der Waals surface area contributed by atoms with Crippen molar-refractivity contribution in [3.8, 4) is 0 Å². The first-order chi connectivity index (χ1) is 8.18. The molecule has 2 rings (SSSR count). The summed E-state index contributed by atoms with van der Waals surface area (Å²) in [6.45, 7) is 0.534. The van der Waals surface area contributed by atoms with E-state index in [-0.39, 0.29) is 6.04 Å². The van der Waals surface area contributed by atoms with Gasteiger partial charge in [0.25, 0.3) is 0 Å². The van der Waals surface area contributed by atoms with Crippen LogP contribution in [0.2, 0.25) is 0 Å². The summed E-state index contributed by atoms with van der Waals surface area (Å²) in [6.07, 6.45) is 0.550. The summed E-state index contributed by atoms with van der Waals surface area (Å²) in [5.74, 6) is 0. The Morgan fingerprint density at radius 1 is 1.41 bits per heavy atom. The Morgan fingerprint density at radius 2 is 2.12 bits per heavy atom. The first kappa shape index (κ1) is 11.9. The van der Waals surface area contributed by atoms with Crippen LogP contribution in [0.3, 0.4) is 0 Å². The van der Waals surface area contributed by atoms with E-state index in [0.717, 1.165) is 18.4 Å². The van der Waals surface area contributed by atoms with E-state index >= 15 is 0 Å². The average molecular weight is 235 g/mol. The molecule has 4 nitrogen and oxygen atoms in total. The minimum absolute atomic E-state index is 0.257. The highest BCUT2D eigenvalue weighted by Gasteiger charge is 2.33. The fraction of sp³-hybridized carbons (Fsp3) is 0.462. The Bertz CT molecular complexity index is 380. The van der Waals surface area contributed by atoms with E-state index < -0.39 is 12.2 Å². The molecule has 1 amide bonds. The van der Waals surface area contributed by atoms with E-state index in [4.69, 9.17) is 5.11 Å². The SMILES string of the molecule is O=C(O)N1CCC[C@H]1[C@H](O)Cc1ccccc1. The molecule has 1 fully saturated rings. The van der Waals surface area contributed by atoms with E-state index in [1.165, 1.54) is 4.90 Å². The molecule has 0 spiro atoms. The third-order valence-corrected chi connectivity index (χ3v) is 3.28. The number of hydrogen-bond donors (Lipinski definition) is 2. The molecular formula is C13H17NO3. The Kier molecular flexibility index (Phi) is 3.64. The fourth-order valence-electron chi connectivity index (χ4n) is 2.42. The summed E-state index contributed by atoms with van der Waals surface area (Å²) in [6, 6.07) is 9.41. The van der Waals surface area contributed by atoms with E-state index in [1.807, 2.05) is 30.3 Å². The number of aliphatic hydroxyl groups is 1. The first-order valence-electron chi connectivity index (χ1n) is 5.90. The summed E-state index contributed by atoms with van der Waals surface area (Å²) < 4.78 is 0. The van der Waals surface area contributed by atoms with Gasteiger partial charge in [0.05, 0.1) is 12.1 Å². The van der Waals surface area contributed by atoms with Crippen molar-refractivity contribution >= 4 is 6.09 Å². The Hall–Kier alpha value is -1.55. The summed E-state index contributed by atoms with van der Waals surface area (Å²) in [7, 11) is 0. The van der Waals surface area contributed by atoms with Gasteiger partial charge in [0.2, 0.25) is 0 Å². The number of hydrogen-bond acceptors (Lipinski definition) is 2. The minimum atomic E-state index is -0.931. The lowest BCUT2D eigenvalue weighted by atomic mass is 10.0. The van der Waals surface area contributed by atoms with Crippen LogP contribution in [0.1, 0.15) is 18.4 Å². The maximum atomic E-state index is 11.0. The van der Waals surface area contributed by atoms with Crippen LogP contribution >= 0.6 is 0 Å². The summed E-state index contributed by atoms with van der Waals surface area (Å²) in [4.78, 5) is 12.3. The lowest BCUT2D eigenvalue weighted by Crippen LogP contribution is -2.42. The largest absolute Gasteiger partial charge is 0.465 e. The van der Waals surface area contributed by atoms with Crippen molar-refractivity contribution in [3.63, 3.8) is 0 Å². The van der Waals surface area contributed by atoms with E-state index in [0.29, 0.717) is 13.0 Å². The Balaban J connectivity index is 2.00. The summed E-state index contributed by atoms with van der Waals surface area (Å²) in [5.41, 5.74) is 1.04. The van der Waals surface area contributed by atoms with Gasteiger partial charge in [-0.25, -0.2) is 4.79 Å². The molecule has 4 heteroatoms. The van der Waals surface area contributed by atoms with Gasteiger partial charge in [-0.3, -0.25) is 0 Å². The highest BCUT2D eigenvalue weighted by Crippen LogP contribution is 2.22. The number of benzene rings is 1. The zero-order chi connectivity index (χ0) is 12.3. The topological polar surface area (TPSA) is 60.8 Å². The van der Waals surface area contributed by atoms with Crippen LogP contribution in [-0.2, 0) is 6.42 Å². The molecule has 1 heterocycles. The van der Waals surface area contributed by atoms with Crippen molar-refractivity contribution < 1.29 is 15.0 Å². The highest BCUT2D eigenvalue weighted by molar-refractivity contribution is 5.65. The van der Waals surface area contributed by atoms with Crippen LogP contribution < -0.4 is 0 Å². The molecule has 0 aromatic heterocycles. The molecule has 92 valence electrons. The van der Waals surface area contributed by atoms with Gasteiger partial charge in [-0.05, 0) is 18.4 Å². The molecule has 1 aromatic carbocycles. The second kappa shape index (κ2) is 5.19. The predicted molar refractivity (Wildman–Crippen MR) is 63.9 cm³/mol. The Labute approximate surface area is 100 Å². The van der Waals surface area contributed by atoms with Crippen molar-refractivity contribution in [2.24, 2.45) is 0 Å². The molecule has 0 unspecified atom stereocenters. The van der Waals surface area contributed by atoms with Crippen molar-refractivity contribution in [2.75, 3.05) is 6.54 Å². The third kappa shape index (κ3) is 2.77. The molecule has 1 aromatic rings. The maximum absolute atomic E-state index is 11.0. The molecule has 1 aliphatic heterocycles. The van der Waals surface area contributed by atoms with Gasteiger partial charge in [0, 0.05) is 13.0 Å². The number of likely N-dealkylation sites (tertiary alicyclic amines) is 1. The van der Waals surface area contributed by atoms with E-state index in [1.54, 1.807) is 0 Å². The van der Waals surface area contributed by atoms with Crippen LogP contribution in [0.15, 0.2) is 30.3 Å². The molecule has 17 heavy (non-hydrogen) atoms. The smallest absolute Gasteiger partial charge is 0.407 e. The van der Waals surface area contributed by atoms with Gasteiger partial charge in [-0.2, -0.15) is 0 Å². The minimum Gasteiger partial charge on any atom is -0.465 e. The second-order valence-electron chi connectivity index (χ2n) is 4.44. The first-order valence-corrected chi connectivity index (χ1v) is 5.90. The van der Waals surface area contributed by atoms with Gasteiger partial charge < -0.3 is 15.1 Å². The van der Waals surface area contributed by atoms with Gasteiger partial charge in [-0.15, -0.1) is 0 Å². The quantitative estimate of drug-likeness (QED) is 0.838. The molecular weight excluding hydrogens is 218 g/mol. The summed E-state index contributed by atoms with van der Waals surface area (Å²) in [5, 5.41) is 19.1. The fourth-order valence-corrected chi connectivity index (χ4v) is 2.42. The van der Waals surface area contributed by atoms with Crippen molar-refractivity contribution in [1.29, 1.82) is 0 Å². The van der Waals surface area contributed by atoms with Crippen LogP contribution in [-0.4, -0.2) is 39.9 Å². The molecule has 2 N–H and O–H groups in total. The monoisotopic (exact) mass is 235 g/mol. The number of rotatable bonds is 3. The van der Waals surface area contributed by atoms with Crippen LogP contribution in [0.4, 0.5) is 4.79 Å². The maximum Gasteiger partial charge on any atom is 0.407 e. The van der Waals surface area contributed by atoms with Gasteiger partial charge in [0.1, 0.15) is 0 Å². The number of carbonyl (C=O) groups is 1. The van der Waals surface area contributed by atoms with Gasteiger partial charge >= 0.3 is 6.09 Å². The lowest BCUT2D eigenvalue weighted by Gasteiger charge is -2.26. The Morgan fingerprint density at radius 3 is 2.76 bits per heavy atom. The van der Waals surface area contributed by atoms with Crippen LogP contribution in [0.25, 0.3) is 0 Å². The molecule has 2 atom stereocenters. The van der Waals surface area contributed by atoms with Gasteiger partial charge in [0.15, 0.2) is 0 Å². The predicted octanol–water partition coefficient (Wildman–Crippen LogP) is 1.73. The van der Waals surface area contributed by atoms with Crippen LogP contribution in [0.5, 0.6) is 0 Å². The normalized spacial score (nSPS) is 21.5.